The van der Waals surface area contributed by atoms with Crippen molar-refractivity contribution in [2.24, 2.45) is 0 Å². The summed E-state index contributed by atoms with van der Waals surface area (Å²) in [4.78, 5) is 2.51. The van der Waals surface area contributed by atoms with Crippen LogP contribution in [-0.2, 0) is 6.54 Å². The average Bonchev–Trinajstić information content (AvgIpc) is 2.87. The zero-order valence-corrected chi connectivity index (χ0v) is 10.5. The van der Waals surface area contributed by atoms with Gasteiger partial charge in [-0.2, -0.15) is 0 Å². The molecule has 0 aromatic carbocycles. The molecule has 1 fully saturated rings. The van der Waals surface area contributed by atoms with Crippen LogP contribution in [0, 0.1) is 0 Å². The van der Waals surface area contributed by atoms with E-state index in [1.807, 2.05) is 6.07 Å². The van der Waals surface area contributed by atoms with Crippen LogP contribution in [0.4, 0.5) is 0 Å². The molecule has 0 amide bonds. The highest BCUT2D eigenvalue weighted by atomic mass is 35.5. The van der Waals surface area contributed by atoms with Gasteiger partial charge in [0, 0.05) is 12.6 Å². The van der Waals surface area contributed by atoms with E-state index in [1.54, 1.807) is 6.07 Å². The van der Waals surface area contributed by atoms with Crippen LogP contribution in [0.25, 0.3) is 0 Å². The van der Waals surface area contributed by atoms with E-state index in [0.29, 0.717) is 11.3 Å². The molecule has 1 aromatic rings. The molecular weight excluding hydrogens is 224 g/mol. The van der Waals surface area contributed by atoms with E-state index in [0.717, 1.165) is 18.8 Å². The minimum atomic E-state index is 0.462. The van der Waals surface area contributed by atoms with Gasteiger partial charge < -0.3 is 14.6 Å². The largest absolute Gasteiger partial charge is 0.448 e. The molecule has 16 heavy (non-hydrogen) atoms. The minimum absolute atomic E-state index is 0.462. The van der Waals surface area contributed by atoms with Crippen molar-refractivity contribution in [3.63, 3.8) is 0 Å². The third-order valence-electron chi connectivity index (χ3n) is 2.98. The Labute approximate surface area is 102 Å². The summed E-state index contributed by atoms with van der Waals surface area (Å²) in [6.07, 6.45) is 2.70. The highest BCUT2D eigenvalue weighted by Gasteiger charge is 2.14. The van der Waals surface area contributed by atoms with Gasteiger partial charge in [-0.15, -0.1) is 0 Å². The SMILES string of the molecule is CC(CN1CCCC1)NCc1ccc(Cl)o1. The van der Waals surface area contributed by atoms with Gasteiger partial charge in [0.2, 0.25) is 0 Å². The Kier molecular flexibility index (Phi) is 4.27. The molecule has 1 N–H and O–H groups in total. The lowest BCUT2D eigenvalue weighted by molar-refractivity contribution is 0.294. The van der Waals surface area contributed by atoms with Gasteiger partial charge >= 0.3 is 0 Å². The Balaban J connectivity index is 1.68. The monoisotopic (exact) mass is 242 g/mol. The number of rotatable bonds is 5. The van der Waals surface area contributed by atoms with E-state index >= 15 is 0 Å². The van der Waals surface area contributed by atoms with Gasteiger partial charge in [0.15, 0.2) is 5.22 Å². The fraction of sp³-hybridized carbons (Fsp3) is 0.667. The highest BCUT2D eigenvalue weighted by molar-refractivity contribution is 6.28. The van der Waals surface area contributed by atoms with Crippen LogP contribution >= 0.6 is 11.6 Å². The maximum atomic E-state index is 5.71. The molecule has 90 valence electrons. The topological polar surface area (TPSA) is 28.4 Å². The average molecular weight is 243 g/mol. The molecule has 0 spiro atoms. The summed E-state index contributed by atoms with van der Waals surface area (Å²) in [5.74, 6) is 0.901. The molecular formula is C12H19ClN2O. The van der Waals surface area contributed by atoms with E-state index in [2.05, 4.69) is 17.1 Å². The van der Waals surface area contributed by atoms with E-state index in [1.165, 1.54) is 25.9 Å². The van der Waals surface area contributed by atoms with Gasteiger partial charge in [0.25, 0.3) is 0 Å². The summed E-state index contributed by atoms with van der Waals surface area (Å²) < 4.78 is 5.29. The van der Waals surface area contributed by atoms with Crippen LogP contribution < -0.4 is 5.32 Å². The molecule has 0 bridgehead atoms. The first-order valence-electron chi connectivity index (χ1n) is 5.94. The first kappa shape index (κ1) is 12.0. The number of likely N-dealkylation sites (tertiary alicyclic amines) is 1. The molecule has 1 atom stereocenters. The molecule has 4 heteroatoms. The first-order chi connectivity index (χ1) is 7.74. The van der Waals surface area contributed by atoms with E-state index in [4.69, 9.17) is 16.0 Å². The Morgan fingerprint density at radius 2 is 2.19 bits per heavy atom. The number of hydrogen-bond acceptors (Lipinski definition) is 3. The highest BCUT2D eigenvalue weighted by Crippen LogP contribution is 2.13. The van der Waals surface area contributed by atoms with Crippen molar-refractivity contribution < 1.29 is 4.42 Å². The second-order valence-electron chi connectivity index (χ2n) is 4.50. The van der Waals surface area contributed by atoms with Crippen LogP contribution in [0.5, 0.6) is 0 Å². The fourth-order valence-electron chi connectivity index (χ4n) is 2.14. The molecule has 1 aliphatic heterocycles. The molecule has 1 saturated heterocycles. The first-order valence-corrected chi connectivity index (χ1v) is 6.32. The Morgan fingerprint density at radius 1 is 1.44 bits per heavy atom. The van der Waals surface area contributed by atoms with Crippen molar-refractivity contribution in [1.82, 2.24) is 10.2 Å². The van der Waals surface area contributed by atoms with Gasteiger partial charge in [-0.1, -0.05) is 0 Å². The van der Waals surface area contributed by atoms with Crippen molar-refractivity contribution in [1.29, 1.82) is 0 Å². The number of nitrogens with zero attached hydrogens (tertiary/aromatic N) is 1. The predicted octanol–water partition coefficient (Wildman–Crippen LogP) is 2.51. The van der Waals surface area contributed by atoms with E-state index in [9.17, 15) is 0 Å². The number of halogens is 1. The van der Waals surface area contributed by atoms with Gasteiger partial charge in [0.05, 0.1) is 6.54 Å². The molecule has 1 unspecified atom stereocenters. The summed E-state index contributed by atoms with van der Waals surface area (Å²) in [5.41, 5.74) is 0. The van der Waals surface area contributed by atoms with Crippen molar-refractivity contribution in [3.8, 4) is 0 Å². The van der Waals surface area contributed by atoms with Crippen LogP contribution in [0.1, 0.15) is 25.5 Å². The van der Waals surface area contributed by atoms with Gasteiger partial charge in [-0.25, -0.2) is 0 Å². The van der Waals surface area contributed by atoms with E-state index in [-0.39, 0.29) is 0 Å². The molecule has 0 saturated carbocycles. The molecule has 0 radical (unpaired) electrons. The third-order valence-corrected chi connectivity index (χ3v) is 3.19. The summed E-state index contributed by atoms with van der Waals surface area (Å²) in [6, 6.07) is 4.18. The Morgan fingerprint density at radius 3 is 2.81 bits per heavy atom. The molecule has 0 aliphatic carbocycles. The lowest BCUT2D eigenvalue weighted by atomic mass is 10.3. The Bertz CT molecular complexity index is 321. The zero-order chi connectivity index (χ0) is 11.4. The van der Waals surface area contributed by atoms with Gasteiger partial charge in [-0.05, 0) is 56.6 Å². The standard InChI is InChI=1S/C12H19ClN2O/c1-10(9-15-6-2-3-7-15)14-8-11-4-5-12(13)16-11/h4-5,10,14H,2-3,6-9H2,1H3. The van der Waals surface area contributed by atoms with Crippen LogP contribution in [0.3, 0.4) is 0 Å². The minimum Gasteiger partial charge on any atom is -0.448 e. The summed E-state index contributed by atoms with van der Waals surface area (Å²) >= 11 is 5.71. The van der Waals surface area contributed by atoms with Crippen molar-refractivity contribution >= 4 is 11.6 Å². The molecule has 3 nitrogen and oxygen atoms in total. The normalized spacial score (nSPS) is 19.1. The van der Waals surface area contributed by atoms with Crippen molar-refractivity contribution in [3.05, 3.63) is 23.1 Å². The van der Waals surface area contributed by atoms with Crippen molar-refractivity contribution in [2.75, 3.05) is 19.6 Å². The van der Waals surface area contributed by atoms with Gasteiger partial charge in [0.1, 0.15) is 5.76 Å². The summed E-state index contributed by atoms with van der Waals surface area (Å²) in [5, 5.41) is 3.91. The lowest BCUT2D eigenvalue weighted by Gasteiger charge is -2.20. The molecule has 1 aliphatic rings. The smallest absolute Gasteiger partial charge is 0.193 e. The Hall–Kier alpha value is -0.510. The van der Waals surface area contributed by atoms with Gasteiger partial charge in [-0.3, -0.25) is 0 Å². The fourth-order valence-corrected chi connectivity index (χ4v) is 2.30. The summed E-state index contributed by atoms with van der Waals surface area (Å²) in [6.45, 7) is 6.58. The lowest BCUT2D eigenvalue weighted by Crippen LogP contribution is -2.37. The quantitative estimate of drug-likeness (QED) is 0.860. The van der Waals surface area contributed by atoms with Crippen LogP contribution in [0.2, 0.25) is 5.22 Å². The van der Waals surface area contributed by atoms with E-state index < -0.39 is 0 Å². The number of nitrogens with one attached hydrogen (secondary N) is 1. The maximum Gasteiger partial charge on any atom is 0.193 e. The van der Waals surface area contributed by atoms with Crippen LogP contribution in [-0.4, -0.2) is 30.6 Å². The zero-order valence-electron chi connectivity index (χ0n) is 9.71. The van der Waals surface area contributed by atoms with Crippen molar-refractivity contribution in [2.45, 2.75) is 32.4 Å². The number of furan rings is 1. The molecule has 2 rings (SSSR count). The molecule has 1 aromatic heterocycles. The predicted molar refractivity (Wildman–Crippen MR) is 65.7 cm³/mol. The number of hydrogen-bond donors (Lipinski definition) is 1. The summed E-state index contributed by atoms with van der Waals surface area (Å²) in [7, 11) is 0. The second-order valence-corrected chi connectivity index (χ2v) is 4.87. The molecule has 2 heterocycles. The van der Waals surface area contributed by atoms with Crippen LogP contribution in [0.15, 0.2) is 16.5 Å². The second kappa shape index (κ2) is 5.71. The maximum absolute atomic E-state index is 5.71. The third kappa shape index (κ3) is 3.51.